The van der Waals surface area contributed by atoms with Gasteiger partial charge in [-0.05, 0) is 24.6 Å². The molecule has 0 aliphatic carbocycles. The maximum absolute atomic E-state index is 11.8. The first-order chi connectivity index (χ1) is 8.06. The molecule has 17 heavy (non-hydrogen) atoms. The minimum Gasteiger partial charge on any atom is -0.334 e. The van der Waals surface area contributed by atoms with Gasteiger partial charge < -0.3 is 10.6 Å². The van der Waals surface area contributed by atoms with Crippen LogP contribution in [0.15, 0.2) is 22.7 Å². The van der Waals surface area contributed by atoms with Crippen molar-refractivity contribution in [3.63, 3.8) is 0 Å². The smallest absolute Gasteiger partial charge is 0.279 e. The molecule has 1 heterocycles. The predicted octanol–water partition coefficient (Wildman–Crippen LogP) is 2.52. The fourth-order valence-electron chi connectivity index (χ4n) is 1.43. The lowest BCUT2D eigenvalue weighted by Gasteiger charge is -2.11. The molecule has 1 atom stereocenters. The Morgan fingerprint density at radius 3 is 2.94 bits per heavy atom. The van der Waals surface area contributed by atoms with Crippen molar-refractivity contribution in [3.8, 4) is 0 Å². The molecule has 0 saturated carbocycles. The molecule has 2 rings (SSSR count). The Hall–Kier alpha value is -1.01. The normalized spacial score (nSPS) is 18.9. The molecule has 2 N–H and O–H groups in total. The number of nitrogens with one attached hydrogen (secondary N) is 2. The molecule has 1 aromatic carbocycles. The number of benzene rings is 1. The van der Waals surface area contributed by atoms with Gasteiger partial charge in [0.2, 0.25) is 5.91 Å². The monoisotopic (exact) mass is 314 g/mol. The summed E-state index contributed by atoms with van der Waals surface area (Å²) in [4.78, 5) is 22.8. The molecule has 2 amide bonds. The molecule has 0 radical (unpaired) electrons. The minimum absolute atomic E-state index is 0.143. The number of halogens is 1. The highest BCUT2D eigenvalue weighted by molar-refractivity contribution is 9.10. The van der Waals surface area contributed by atoms with Crippen molar-refractivity contribution < 1.29 is 9.59 Å². The average molecular weight is 315 g/mol. The molecule has 90 valence electrons. The molecule has 1 aromatic rings. The Morgan fingerprint density at radius 1 is 1.59 bits per heavy atom. The molecule has 1 fully saturated rings. The van der Waals surface area contributed by atoms with Crippen LogP contribution in [-0.2, 0) is 4.79 Å². The summed E-state index contributed by atoms with van der Waals surface area (Å²) in [6.07, 6.45) is 0. The molecule has 4 nitrogen and oxygen atoms in total. The van der Waals surface area contributed by atoms with Crippen LogP contribution in [0.4, 0.5) is 10.5 Å². The van der Waals surface area contributed by atoms with Gasteiger partial charge in [0.05, 0.1) is 0 Å². The van der Waals surface area contributed by atoms with Crippen LogP contribution < -0.4 is 10.6 Å². The second-order valence-electron chi connectivity index (χ2n) is 3.75. The van der Waals surface area contributed by atoms with Crippen molar-refractivity contribution in [1.82, 2.24) is 5.32 Å². The predicted molar refractivity (Wildman–Crippen MR) is 72.3 cm³/mol. The van der Waals surface area contributed by atoms with Crippen molar-refractivity contribution in [1.29, 1.82) is 0 Å². The molecular formula is C11H11BrN2O2S. The molecule has 0 spiro atoms. The van der Waals surface area contributed by atoms with Crippen LogP contribution in [0.1, 0.15) is 5.56 Å². The van der Waals surface area contributed by atoms with E-state index in [0.717, 1.165) is 27.5 Å². The second kappa shape index (κ2) is 5.10. The lowest BCUT2D eigenvalue weighted by Crippen LogP contribution is -2.38. The highest BCUT2D eigenvalue weighted by atomic mass is 79.9. The molecule has 1 saturated heterocycles. The number of hydrogen-bond donors (Lipinski definition) is 2. The first-order valence-electron chi connectivity index (χ1n) is 5.06. The van der Waals surface area contributed by atoms with Crippen molar-refractivity contribution >= 4 is 44.5 Å². The number of carbonyl (C=O) groups excluding carboxylic acids is 2. The summed E-state index contributed by atoms with van der Waals surface area (Å²) in [5.41, 5.74) is 1.83. The van der Waals surface area contributed by atoms with E-state index in [0.29, 0.717) is 5.75 Å². The van der Waals surface area contributed by atoms with Crippen molar-refractivity contribution in [2.24, 2.45) is 0 Å². The third kappa shape index (κ3) is 3.01. The van der Waals surface area contributed by atoms with Crippen LogP contribution in [0.2, 0.25) is 0 Å². The summed E-state index contributed by atoms with van der Waals surface area (Å²) in [6.45, 7) is 1.98. The van der Waals surface area contributed by atoms with E-state index in [1.165, 1.54) is 0 Å². The quantitative estimate of drug-likeness (QED) is 0.882. The summed E-state index contributed by atoms with van der Waals surface area (Å²) in [6, 6.07) is 5.16. The summed E-state index contributed by atoms with van der Waals surface area (Å²) in [7, 11) is 0. The Labute approximate surface area is 112 Å². The molecule has 1 aliphatic heterocycles. The zero-order valence-electron chi connectivity index (χ0n) is 9.12. The standard InChI is InChI=1S/C11H11BrN2O2S/c1-6-2-3-7(4-8(6)12)13-10(15)9-5-17-11(16)14-9/h2-4,9H,5H2,1H3,(H,13,15)(H,14,16). The summed E-state index contributed by atoms with van der Waals surface area (Å²) >= 11 is 4.53. The summed E-state index contributed by atoms with van der Waals surface area (Å²) < 4.78 is 0.945. The third-order valence-electron chi connectivity index (χ3n) is 2.43. The van der Waals surface area contributed by atoms with Crippen LogP contribution in [0.25, 0.3) is 0 Å². The summed E-state index contributed by atoms with van der Waals surface area (Å²) in [5.74, 6) is 0.302. The molecule has 6 heteroatoms. The maximum Gasteiger partial charge on any atom is 0.279 e. The molecule has 0 aromatic heterocycles. The Bertz CT molecular complexity index is 479. The van der Waals surface area contributed by atoms with Gasteiger partial charge in [0.1, 0.15) is 6.04 Å². The van der Waals surface area contributed by atoms with Gasteiger partial charge in [-0.3, -0.25) is 9.59 Å². The number of hydrogen-bond acceptors (Lipinski definition) is 3. The van der Waals surface area contributed by atoms with E-state index in [1.54, 1.807) is 0 Å². The summed E-state index contributed by atoms with van der Waals surface area (Å²) in [5, 5.41) is 5.23. The topological polar surface area (TPSA) is 58.2 Å². The molecular weight excluding hydrogens is 304 g/mol. The Morgan fingerprint density at radius 2 is 2.35 bits per heavy atom. The van der Waals surface area contributed by atoms with Crippen LogP contribution in [0.5, 0.6) is 0 Å². The van der Waals surface area contributed by atoms with Gasteiger partial charge in [-0.1, -0.05) is 33.8 Å². The van der Waals surface area contributed by atoms with Crippen LogP contribution in [0.3, 0.4) is 0 Å². The van der Waals surface area contributed by atoms with E-state index in [1.807, 2.05) is 25.1 Å². The number of rotatable bonds is 2. The van der Waals surface area contributed by atoms with E-state index >= 15 is 0 Å². The largest absolute Gasteiger partial charge is 0.334 e. The number of amides is 2. The van der Waals surface area contributed by atoms with Crippen molar-refractivity contribution in [2.75, 3.05) is 11.1 Å². The maximum atomic E-state index is 11.8. The highest BCUT2D eigenvalue weighted by Crippen LogP contribution is 2.21. The number of carbonyl (C=O) groups is 2. The lowest BCUT2D eigenvalue weighted by atomic mass is 10.2. The van der Waals surface area contributed by atoms with Gasteiger partial charge in [-0.2, -0.15) is 0 Å². The third-order valence-corrected chi connectivity index (χ3v) is 4.16. The van der Waals surface area contributed by atoms with Crippen molar-refractivity contribution in [2.45, 2.75) is 13.0 Å². The van der Waals surface area contributed by atoms with Gasteiger partial charge >= 0.3 is 0 Å². The second-order valence-corrected chi connectivity index (χ2v) is 5.60. The molecule has 0 bridgehead atoms. The van der Waals surface area contributed by atoms with E-state index < -0.39 is 6.04 Å². The highest BCUT2D eigenvalue weighted by Gasteiger charge is 2.27. The van der Waals surface area contributed by atoms with Crippen LogP contribution >= 0.6 is 27.7 Å². The minimum atomic E-state index is -0.437. The van der Waals surface area contributed by atoms with Gasteiger partial charge in [-0.25, -0.2) is 0 Å². The SMILES string of the molecule is Cc1ccc(NC(=O)C2CSC(=O)N2)cc1Br. The van der Waals surface area contributed by atoms with Gasteiger partial charge in [-0.15, -0.1) is 0 Å². The van der Waals surface area contributed by atoms with Crippen LogP contribution in [0, 0.1) is 6.92 Å². The van der Waals surface area contributed by atoms with Crippen LogP contribution in [-0.4, -0.2) is 22.9 Å². The van der Waals surface area contributed by atoms with E-state index in [2.05, 4.69) is 26.6 Å². The first kappa shape index (κ1) is 12.4. The Balaban J connectivity index is 2.03. The van der Waals surface area contributed by atoms with E-state index in [4.69, 9.17) is 0 Å². The van der Waals surface area contributed by atoms with Gasteiger partial charge in [0.15, 0.2) is 0 Å². The number of anilines is 1. The number of aryl methyl sites for hydroxylation is 1. The Kier molecular flexibility index (Phi) is 3.73. The number of thioether (sulfide) groups is 1. The fraction of sp³-hybridized carbons (Fsp3) is 0.273. The van der Waals surface area contributed by atoms with Gasteiger partial charge in [0, 0.05) is 15.9 Å². The van der Waals surface area contributed by atoms with Gasteiger partial charge in [0.25, 0.3) is 5.24 Å². The molecule has 1 unspecified atom stereocenters. The first-order valence-corrected chi connectivity index (χ1v) is 6.84. The zero-order valence-corrected chi connectivity index (χ0v) is 11.5. The van der Waals surface area contributed by atoms with E-state index in [-0.39, 0.29) is 11.1 Å². The zero-order chi connectivity index (χ0) is 12.4. The fourth-order valence-corrected chi connectivity index (χ4v) is 2.58. The van der Waals surface area contributed by atoms with E-state index in [9.17, 15) is 9.59 Å². The van der Waals surface area contributed by atoms with Crippen molar-refractivity contribution in [3.05, 3.63) is 28.2 Å². The average Bonchev–Trinajstić information content (AvgIpc) is 2.70. The lowest BCUT2D eigenvalue weighted by molar-refractivity contribution is -0.117. The molecule has 1 aliphatic rings.